The van der Waals surface area contributed by atoms with E-state index in [9.17, 15) is 0 Å². The molecular formula is C8H17INO+. The summed E-state index contributed by atoms with van der Waals surface area (Å²) >= 11 is 2.40. The lowest BCUT2D eigenvalue weighted by Gasteiger charge is -2.28. The number of alkyl halides is 1. The highest BCUT2D eigenvalue weighted by Gasteiger charge is 2.36. The smallest absolute Gasteiger partial charge is 0.131 e. The Balaban J connectivity index is 2.48. The number of hydrogen-bond donors (Lipinski definition) is 0. The lowest BCUT2D eigenvalue weighted by molar-refractivity contribution is -1.09. The number of halogens is 1. The summed E-state index contributed by atoms with van der Waals surface area (Å²) in [5.41, 5.74) is 0. The van der Waals surface area contributed by atoms with Gasteiger partial charge >= 0.3 is 0 Å². The van der Waals surface area contributed by atoms with E-state index < -0.39 is 0 Å². The largest absolute Gasteiger partial charge is 0.199 e. The molecule has 1 saturated heterocycles. The maximum Gasteiger partial charge on any atom is 0.131 e. The van der Waals surface area contributed by atoms with Gasteiger partial charge in [0.15, 0.2) is 0 Å². The highest BCUT2D eigenvalue weighted by Crippen LogP contribution is 2.23. The second kappa shape index (κ2) is 4.05. The topological polar surface area (TPSA) is 9.23 Å². The van der Waals surface area contributed by atoms with Crippen LogP contribution in [0.3, 0.4) is 0 Å². The summed E-state index contributed by atoms with van der Waals surface area (Å²) in [6.45, 7) is 7.85. The Morgan fingerprint density at radius 2 is 2.09 bits per heavy atom. The molecule has 0 aliphatic carbocycles. The van der Waals surface area contributed by atoms with Crippen LogP contribution in [-0.2, 0) is 4.84 Å². The molecule has 1 unspecified atom stereocenters. The first-order chi connectivity index (χ1) is 5.26. The molecule has 66 valence electrons. The molecule has 0 aromatic rings. The van der Waals surface area contributed by atoms with E-state index in [2.05, 4.69) is 36.4 Å². The van der Waals surface area contributed by atoms with Crippen molar-refractivity contribution in [2.45, 2.75) is 26.4 Å². The Hall–Kier alpha value is 0.650. The molecule has 1 fully saturated rings. The number of rotatable bonds is 3. The first-order valence-electron chi connectivity index (χ1n) is 4.36. The molecule has 0 bridgehead atoms. The second-order valence-corrected chi connectivity index (χ2v) is 3.97. The van der Waals surface area contributed by atoms with Gasteiger partial charge in [-0.3, -0.25) is 0 Å². The predicted octanol–water partition coefficient (Wildman–Crippen LogP) is 1.98. The summed E-state index contributed by atoms with van der Waals surface area (Å²) < 4.78 is 2.02. The third kappa shape index (κ3) is 2.06. The minimum atomic E-state index is 0.510. The molecule has 0 amide bonds. The van der Waals surface area contributed by atoms with Crippen molar-refractivity contribution in [3.8, 4) is 0 Å². The van der Waals surface area contributed by atoms with E-state index >= 15 is 0 Å². The van der Waals surface area contributed by atoms with E-state index in [0.717, 1.165) is 22.2 Å². The molecule has 3 heteroatoms. The van der Waals surface area contributed by atoms with Crippen LogP contribution >= 0.6 is 22.6 Å². The predicted molar refractivity (Wildman–Crippen MR) is 54.6 cm³/mol. The summed E-state index contributed by atoms with van der Waals surface area (Å²) in [5.74, 6) is 0. The third-order valence-electron chi connectivity index (χ3n) is 2.56. The molecule has 0 aromatic carbocycles. The highest BCUT2D eigenvalue weighted by molar-refractivity contribution is 14.1. The average Bonchev–Trinajstić information content (AvgIpc) is 2.49. The zero-order valence-corrected chi connectivity index (χ0v) is 9.50. The Morgan fingerprint density at radius 3 is 2.36 bits per heavy atom. The van der Waals surface area contributed by atoms with Gasteiger partial charge in [-0.15, -0.1) is 0 Å². The van der Waals surface area contributed by atoms with E-state index in [1.807, 2.05) is 0 Å². The van der Waals surface area contributed by atoms with Gasteiger partial charge in [-0.2, -0.15) is 9.48 Å². The first-order valence-corrected chi connectivity index (χ1v) is 5.89. The fraction of sp³-hybridized carbons (Fsp3) is 1.00. The van der Waals surface area contributed by atoms with Crippen LogP contribution in [0.25, 0.3) is 0 Å². The SMILES string of the molecule is CC[N+]1(CC)CCC(CI)O1. The van der Waals surface area contributed by atoms with Crippen molar-refractivity contribution in [2.24, 2.45) is 0 Å². The van der Waals surface area contributed by atoms with Gasteiger partial charge in [-0.25, -0.2) is 0 Å². The molecule has 0 radical (unpaired) electrons. The molecule has 1 heterocycles. The van der Waals surface area contributed by atoms with Crippen LogP contribution in [0.15, 0.2) is 0 Å². The summed E-state index contributed by atoms with van der Waals surface area (Å²) in [6.07, 6.45) is 1.75. The summed E-state index contributed by atoms with van der Waals surface area (Å²) in [5, 5.41) is 0. The van der Waals surface area contributed by atoms with E-state index in [1.165, 1.54) is 13.0 Å². The lowest BCUT2D eigenvalue weighted by Crippen LogP contribution is -2.44. The van der Waals surface area contributed by atoms with Crippen molar-refractivity contribution in [1.29, 1.82) is 0 Å². The van der Waals surface area contributed by atoms with Gasteiger partial charge in [-0.05, 0) is 13.8 Å². The quantitative estimate of drug-likeness (QED) is 0.433. The van der Waals surface area contributed by atoms with Crippen molar-refractivity contribution in [2.75, 3.05) is 24.1 Å². The van der Waals surface area contributed by atoms with E-state index in [1.54, 1.807) is 0 Å². The molecular weight excluding hydrogens is 253 g/mol. The van der Waals surface area contributed by atoms with Gasteiger partial charge in [0.1, 0.15) is 25.7 Å². The van der Waals surface area contributed by atoms with Crippen LogP contribution in [-0.4, -0.2) is 34.8 Å². The van der Waals surface area contributed by atoms with Crippen LogP contribution in [0.2, 0.25) is 0 Å². The van der Waals surface area contributed by atoms with Crippen LogP contribution in [0.1, 0.15) is 20.3 Å². The van der Waals surface area contributed by atoms with E-state index in [-0.39, 0.29) is 0 Å². The number of hydroxylamine groups is 3. The lowest BCUT2D eigenvalue weighted by atomic mass is 10.3. The maximum absolute atomic E-state index is 5.93. The number of hydrogen-bond acceptors (Lipinski definition) is 1. The van der Waals surface area contributed by atoms with Crippen LogP contribution < -0.4 is 0 Å². The Kier molecular flexibility index (Phi) is 3.58. The van der Waals surface area contributed by atoms with Gasteiger partial charge in [0.05, 0.1) is 0 Å². The normalized spacial score (nSPS) is 29.2. The Bertz CT molecular complexity index is 125. The molecule has 0 saturated carbocycles. The summed E-state index contributed by atoms with van der Waals surface area (Å²) in [6, 6.07) is 0. The average molecular weight is 270 g/mol. The van der Waals surface area contributed by atoms with Crippen LogP contribution in [0.5, 0.6) is 0 Å². The highest BCUT2D eigenvalue weighted by atomic mass is 127. The monoisotopic (exact) mass is 270 g/mol. The molecule has 1 aliphatic rings. The van der Waals surface area contributed by atoms with Crippen LogP contribution in [0.4, 0.5) is 0 Å². The van der Waals surface area contributed by atoms with Crippen molar-refractivity contribution in [3.63, 3.8) is 0 Å². The Labute approximate surface area is 82.6 Å². The number of nitrogens with zero attached hydrogens (tertiary/aromatic N) is 1. The molecule has 0 spiro atoms. The molecule has 2 nitrogen and oxygen atoms in total. The van der Waals surface area contributed by atoms with E-state index in [4.69, 9.17) is 4.84 Å². The fourth-order valence-corrected chi connectivity index (χ4v) is 2.20. The van der Waals surface area contributed by atoms with Gasteiger partial charge < -0.3 is 0 Å². The zero-order valence-electron chi connectivity index (χ0n) is 7.35. The van der Waals surface area contributed by atoms with Crippen LogP contribution in [0, 0.1) is 0 Å². The summed E-state index contributed by atoms with van der Waals surface area (Å²) in [4.78, 5) is 5.93. The van der Waals surface area contributed by atoms with Crippen molar-refractivity contribution >= 4 is 22.6 Å². The first kappa shape index (κ1) is 9.74. The molecule has 1 aliphatic heterocycles. The van der Waals surface area contributed by atoms with E-state index in [0.29, 0.717) is 6.10 Å². The zero-order chi connectivity index (χ0) is 8.32. The van der Waals surface area contributed by atoms with Crippen molar-refractivity contribution in [3.05, 3.63) is 0 Å². The fourth-order valence-electron chi connectivity index (χ4n) is 1.60. The van der Waals surface area contributed by atoms with Crippen molar-refractivity contribution < 1.29 is 9.48 Å². The minimum Gasteiger partial charge on any atom is -0.199 e. The maximum atomic E-state index is 5.93. The minimum absolute atomic E-state index is 0.510. The van der Waals surface area contributed by atoms with Gasteiger partial charge in [0, 0.05) is 10.8 Å². The van der Waals surface area contributed by atoms with Crippen molar-refractivity contribution in [1.82, 2.24) is 0 Å². The molecule has 11 heavy (non-hydrogen) atoms. The van der Waals surface area contributed by atoms with Gasteiger partial charge in [0.25, 0.3) is 0 Å². The van der Waals surface area contributed by atoms with Gasteiger partial charge in [0.2, 0.25) is 0 Å². The van der Waals surface area contributed by atoms with Gasteiger partial charge in [-0.1, -0.05) is 22.6 Å². The molecule has 0 N–H and O–H groups in total. The Morgan fingerprint density at radius 1 is 1.45 bits per heavy atom. The second-order valence-electron chi connectivity index (χ2n) is 3.08. The third-order valence-corrected chi connectivity index (χ3v) is 3.54. The number of quaternary nitrogens is 1. The standard InChI is InChI=1S/C8H17INO/c1-3-10(4-2)6-5-8(7-9)11-10/h8H,3-7H2,1-2H3/q+1. The molecule has 1 atom stereocenters. The molecule has 1 rings (SSSR count). The molecule has 0 aromatic heterocycles. The summed E-state index contributed by atoms with van der Waals surface area (Å²) in [7, 11) is 0.